The third kappa shape index (κ3) is 7.21. The summed E-state index contributed by atoms with van der Waals surface area (Å²) in [7, 11) is 1.77. The lowest BCUT2D eigenvalue weighted by Crippen LogP contribution is -2.52. The second-order valence-electron chi connectivity index (χ2n) is 8.10. The number of aliphatic imine (C=N–C) groups is 1. The highest BCUT2D eigenvalue weighted by Crippen LogP contribution is 2.20. The van der Waals surface area contributed by atoms with Crippen molar-refractivity contribution >= 4 is 41.5 Å². The first-order chi connectivity index (χ1) is 15.6. The van der Waals surface area contributed by atoms with E-state index in [-0.39, 0.29) is 42.3 Å². The van der Waals surface area contributed by atoms with Gasteiger partial charge in [-0.3, -0.25) is 9.79 Å². The lowest BCUT2D eigenvalue weighted by Gasteiger charge is -2.37. The fraction of sp³-hybridized carbons (Fsp3) is 0.417. The standard InChI is InChI=1S/C24H30FN5O2.HI/c1-26-24(30-13-11-29(12-14-30)22-8-3-2-7-21(22)25)27-16-18-5-4-6-20(15-18)32-17-23(31)28-19-9-10-19;/h2-8,15,19H,9-14,16-17H2,1H3,(H,26,27)(H,28,31);1H. The molecule has 2 aliphatic rings. The molecule has 0 unspecified atom stereocenters. The first kappa shape index (κ1) is 25.1. The summed E-state index contributed by atoms with van der Waals surface area (Å²) in [5, 5.41) is 6.31. The molecule has 1 saturated carbocycles. The number of amides is 1. The number of guanidine groups is 1. The van der Waals surface area contributed by atoms with E-state index >= 15 is 0 Å². The number of anilines is 1. The fourth-order valence-corrected chi connectivity index (χ4v) is 3.77. The molecule has 2 aromatic carbocycles. The maximum absolute atomic E-state index is 14.1. The van der Waals surface area contributed by atoms with E-state index in [0.29, 0.717) is 24.0 Å². The minimum absolute atomic E-state index is 0. The van der Waals surface area contributed by atoms with Crippen molar-refractivity contribution in [3.05, 3.63) is 59.9 Å². The molecule has 0 radical (unpaired) electrons. The van der Waals surface area contributed by atoms with Crippen molar-refractivity contribution in [2.24, 2.45) is 4.99 Å². The third-order valence-corrected chi connectivity index (χ3v) is 5.65. The van der Waals surface area contributed by atoms with E-state index in [2.05, 4.69) is 25.4 Å². The second kappa shape index (κ2) is 12.1. The van der Waals surface area contributed by atoms with Gasteiger partial charge in [-0.1, -0.05) is 24.3 Å². The number of nitrogens with one attached hydrogen (secondary N) is 2. The summed E-state index contributed by atoms with van der Waals surface area (Å²) in [4.78, 5) is 20.5. The SMILES string of the molecule is CN=C(NCc1cccc(OCC(=O)NC2CC2)c1)N1CCN(c2ccccc2F)CC1.I. The molecule has 1 aliphatic carbocycles. The van der Waals surface area contributed by atoms with Gasteiger partial charge in [-0.15, -0.1) is 24.0 Å². The predicted octanol–water partition coefficient (Wildman–Crippen LogP) is 3.00. The molecule has 2 N–H and O–H groups in total. The fourth-order valence-electron chi connectivity index (χ4n) is 3.77. The maximum Gasteiger partial charge on any atom is 0.258 e. The van der Waals surface area contributed by atoms with Gasteiger partial charge in [-0.2, -0.15) is 0 Å². The molecule has 2 aromatic rings. The summed E-state index contributed by atoms with van der Waals surface area (Å²) in [6, 6.07) is 14.9. The minimum atomic E-state index is -0.185. The van der Waals surface area contributed by atoms with Crippen molar-refractivity contribution in [3.8, 4) is 5.75 Å². The van der Waals surface area contributed by atoms with Gasteiger partial charge in [0, 0.05) is 45.8 Å². The maximum atomic E-state index is 14.1. The van der Waals surface area contributed by atoms with Gasteiger partial charge in [0.25, 0.3) is 5.91 Å². The molecule has 1 heterocycles. The van der Waals surface area contributed by atoms with Gasteiger partial charge in [-0.25, -0.2) is 4.39 Å². The average molecular weight is 567 g/mol. The van der Waals surface area contributed by atoms with Crippen LogP contribution in [0.4, 0.5) is 10.1 Å². The Labute approximate surface area is 211 Å². The summed E-state index contributed by atoms with van der Waals surface area (Å²) < 4.78 is 19.7. The number of hydrogen-bond donors (Lipinski definition) is 2. The zero-order valence-corrected chi connectivity index (χ0v) is 21.1. The molecule has 0 atom stereocenters. The molecule has 1 aliphatic heterocycles. The molecule has 1 saturated heterocycles. The number of ether oxygens (including phenoxy) is 1. The minimum Gasteiger partial charge on any atom is -0.484 e. The quantitative estimate of drug-likeness (QED) is 0.306. The van der Waals surface area contributed by atoms with E-state index in [1.54, 1.807) is 13.1 Å². The number of carbonyl (C=O) groups excluding carboxylic acids is 1. The summed E-state index contributed by atoms with van der Waals surface area (Å²) >= 11 is 0. The first-order valence-electron chi connectivity index (χ1n) is 11.1. The number of carbonyl (C=O) groups is 1. The zero-order valence-electron chi connectivity index (χ0n) is 18.8. The van der Waals surface area contributed by atoms with Gasteiger partial charge in [0.2, 0.25) is 0 Å². The summed E-state index contributed by atoms with van der Waals surface area (Å²) in [6.45, 7) is 3.59. The van der Waals surface area contributed by atoms with Crippen molar-refractivity contribution in [2.75, 3.05) is 44.7 Å². The summed E-state index contributed by atoms with van der Waals surface area (Å²) in [6.07, 6.45) is 2.12. The highest BCUT2D eigenvalue weighted by Gasteiger charge is 2.23. The van der Waals surface area contributed by atoms with Crippen LogP contribution in [0.5, 0.6) is 5.75 Å². The lowest BCUT2D eigenvalue weighted by atomic mass is 10.2. The van der Waals surface area contributed by atoms with Gasteiger partial charge < -0.3 is 25.2 Å². The molecular formula is C24H31FIN5O2. The van der Waals surface area contributed by atoms with Crippen LogP contribution in [-0.4, -0.2) is 62.6 Å². The van der Waals surface area contributed by atoms with Crippen LogP contribution in [-0.2, 0) is 11.3 Å². The van der Waals surface area contributed by atoms with Crippen LogP contribution < -0.4 is 20.3 Å². The Morgan fingerprint density at radius 1 is 1.12 bits per heavy atom. The largest absolute Gasteiger partial charge is 0.484 e. The second-order valence-corrected chi connectivity index (χ2v) is 8.10. The topological polar surface area (TPSA) is 69.2 Å². The molecule has 33 heavy (non-hydrogen) atoms. The smallest absolute Gasteiger partial charge is 0.258 e. The number of benzene rings is 2. The van der Waals surface area contributed by atoms with E-state index in [0.717, 1.165) is 50.5 Å². The Kier molecular flexibility index (Phi) is 9.16. The Morgan fingerprint density at radius 3 is 2.58 bits per heavy atom. The average Bonchev–Trinajstić information content (AvgIpc) is 3.63. The molecule has 2 fully saturated rings. The van der Waals surface area contributed by atoms with E-state index in [1.807, 2.05) is 36.4 Å². The normalized spacial score (nSPS) is 16.1. The highest BCUT2D eigenvalue weighted by atomic mass is 127. The molecule has 0 spiro atoms. The molecule has 0 aromatic heterocycles. The van der Waals surface area contributed by atoms with Gasteiger partial charge in [0.1, 0.15) is 11.6 Å². The molecule has 9 heteroatoms. The molecule has 1 amide bonds. The van der Waals surface area contributed by atoms with Crippen molar-refractivity contribution in [2.45, 2.75) is 25.4 Å². The number of rotatable bonds is 7. The van der Waals surface area contributed by atoms with Gasteiger partial charge in [0.05, 0.1) is 5.69 Å². The van der Waals surface area contributed by atoms with Crippen LogP contribution >= 0.6 is 24.0 Å². The number of nitrogens with zero attached hydrogens (tertiary/aromatic N) is 3. The predicted molar refractivity (Wildman–Crippen MR) is 139 cm³/mol. The number of halogens is 2. The number of piperazine rings is 1. The monoisotopic (exact) mass is 567 g/mol. The van der Waals surface area contributed by atoms with Crippen LogP contribution in [0.2, 0.25) is 0 Å². The summed E-state index contributed by atoms with van der Waals surface area (Å²) in [5.41, 5.74) is 1.69. The van der Waals surface area contributed by atoms with Crippen LogP contribution in [0.15, 0.2) is 53.5 Å². The third-order valence-electron chi connectivity index (χ3n) is 5.65. The molecule has 0 bridgehead atoms. The Hall–Kier alpha value is -2.56. The Balaban J connectivity index is 0.00000306. The van der Waals surface area contributed by atoms with Crippen LogP contribution in [0.25, 0.3) is 0 Å². The Morgan fingerprint density at radius 2 is 1.88 bits per heavy atom. The van der Waals surface area contributed by atoms with Crippen molar-refractivity contribution < 1.29 is 13.9 Å². The van der Waals surface area contributed by atoms with E-state index in [9.17, 15) is 9.18 Å². The molecule has 7 nitrogen and oxygen atoms in total. The zero-order chi connectivity index (χ0) is 22.3. The van der Waals surface area contributed by atoms with Crippen molar-refractivity contribution in [1.82, 2.24) is 15.5 Å². The van der Waals surface area contributed by atoms with Gasteiger partial charge >= 0.3 is 0 Å². The number of para-hydroxylation sites is 1. The van der Waals surface area contributed by atoms with Crippen molar-refractivity contribution in [1.29, 1.82) is 0 Å². The van der Waals surface area contributed by atoms with Crippen LogP contribution in [0, 0.1) is 5.82 Å². The molecule has 4 rings (SSSR count). The first-order valence-corrected chi connectivity index (χ1v) is 11.1. The van der Waals surface area contributed by atoms with E-state index in [1.165, 1.54) is 6.07 Å². The summed E-state index contributed by atoms with van der Waals surface area (Å²) in [5.74, 6) is 1.22. The lowest BCUT2D eigenvalue weighted by molar-refractivity contribution is -0.123. The van der Waals surface area contributed by atoms with Crippen molar-refractivity contribution in [3.63, 3.8) is 0 Å². The van der Waals surface area contributed by atoms with Gasteiger partial charge in [-0.05, 0) is 42.7 Å². The van der Waals surface area contributed by atoms with Gasteiger partial charge in [0.15, 0.2) is 12.6 Å². The highest BCUT2D eigenvalue weighted by molar-refractivity contribution is 14.0. The van der Waals surface area contributed by atoms with Crippen LogP contribution in [0.3, 0.4) is 0 Å². The van der Waals surface area contributed by atoms with Crippen LogP contribution in [0.1, 0.15) is 18.4 Å². The van der Waals surface area contributed by atoms with E-state index in [4.69, 9.17) is 4.74 Å². The molecule has 178 valence electrons. The van der Waals surface area contributed by atoms with E-state index < -0.39 is 0 Å². The molecular weight excluding hydrogens is 536 g/mol. The Bertz CT molecular complexity index is 961. The number of hydrogen-bond acceptors (Lipinski definition) is 4.